The Bertz CT molecular complexity index is 849. The number of urea groups is 1. The van der Waals surface area contributed by atoms with Gasteiger partial charge in [-0.25, -0.2) is 4.79 Å². The third kappa shape index (κ3) is 4.31. The van der Waals surface area contributed by atoms with Gasteiger partial charge in [0.25, 0.3) is 0 Å². The van der Waals surface area contributed by atoms with Crippen molar-refractivity contribution in [2.24, 2.45) is 0 Å². The van der Waals surface area contributed by atoms with E-state index < -0.39 is 0 Å². The molecule has 3 amide bonds. The Hall–Kier alpha value is -3.22. The van der Waals surface area contributed by atoms with E-state index in [1.54, 1.807) is 43.4 Å². The van der Waals surface area contributed by atoms with Gasteiger partial charge in [-0.05, 0) is 53.9 Å². The third-order valence-electron chi connectivity index (χ3n) is 4.46. The number of rotatable bonds is 4. The molecule has 7 heteroatoms. The first kappa shape index (κ1) is 18.6. The first-order chi connectivity index (χ1) is 13.0. The van der Waals surface area contributed by atoms with E-state index in [1.165, 1.54) is 6.92 Å². The second-order valence-corrected chi connectivity index (χ2v) is 6.34. The molecule has 2 aromatic rings. The van der Waals surface area contributed by atoms with E-state index in [0.29, 0.717) is 36.0 Å². The lowest BCUT2D eigenvalue weighted by molar-refractivity contribution is -0.114. The summed E-state index contributed by atoms with van der Waals surface area (Å²) in [5.41, 5.74) is 3.58. The molecule has 1 heterocycles. The topological polar surface area (TPSA) is 79.9 Å². The smallest absolute Gasteiger partial charge is 0.322 e. The van der Waals surface area contributed by atoms with Gasteiger partial charge in [-0.15, -0.1) is 0 Å². The van der Waals surface area contributed by atoms with Crippen molar-refractivity contribution in [2.45, 2.75) is 19.9 Å². The maximum Gasteiger partial charge on any atom is 0.322 e. The highest BCUT2D eigenvalue weighted by Crippen LogP contribution is 2.33. The summed E-state index contributed by atoms with van der Waals surface area (Å²) in [6, 6.07) is 10.8. The van der Waals surface area contributed by atoms with Gasteiger partial charge in [-0.1, -0.05) is 0 Å². The lowest BCUT2D eigenvalue weighted by Crippen LogP contribution is -2.38. The Balaban J connectivity index is 1.67. The lowest BCUT2D eigenvalue weighted by atomic mass is 9.99. The SMILES string of the molecule is COc1cc2c(cc1OC)CN(C(=O)Nc1ccc(NC(C)=O)cc1)CC2. The van der Waals surface area contributed by atoms with Crippen molar-refractivity contribution in [3.63, 3.8) is 0 Å². The fraction of sp³-hybridized carbons (Fsp3) is 0.300. The van der Waals surface area contributed by atoms with E-state index in [4.69, 9.17) is 9.47 Å². The molecule has 1 aliphatic heterocycles. The summed E-state index contributed by atoms with van der Waals surface area (Å²) in [4.78, 5) is 25.4. The fourth-order valence-corrected chi connectivity index (χ4v) is 3.10. The van der Waals surface area contributed by atoms with Crippen LogP contribution in [-0.4, -0.2) is 37.6 Å². The average Bonchev–Trinajstić information content (AvgIpc) is 2.67. The molecular weight excluding hydrogens is 346 g/mol. The normalized spacial score (nSPS) is 12.8. The molecule has 27 heavy (non-hydrogen) atoms. The van der Waals surface area contributed by atoms with Gasteiger partial charge in [0.1, 0.15) is 0 Å². The van der Waals surface area contributed by atoms with Crippen molar-refractivity contribution >= 4 is 23.3 Å². The van der Waals surface area contributed by atoms with Crippen LogP contribution in [0.2, 0.25) is 0 Å². The van der Waals surface area contributed by atoms with Crippen LogP contribution in [0, 0.1) is 0 Å². The number of ether oxygens (including phenoxy) is 2. The zero-order valence-electron chi connectivity index (χ0n) is 15.7. The second kappa shape index (κ2) is 7.99. The summed E-state index contributed by atoms with van der Waals surface area (Å²) in [6.07, 6.45) is 0.755. The van der Waals surface area contributed by atoms with E-state index in [-0.39, 0.29) is 11.9 Å². The standard InChI is InChI=1S/C20H23N3O4/c1-13(24)21-16-4-6-17(7-5-16)22-20(25)23-9-8-14-10-18(26-2)19(27-3)11-15(14)12-23/h4-7,10-11H,8-9,12H2,1-3H3,(H,21,24)(H,22,25). The number of nitrogens with zero attached hydrogens (tertiary/aromatic N) is 1. The molecule has 7 nitrogen and oxygen atoms in total. The highest BCUT2D eigenvalue weighted by atomic mass is 16.5. The molecule has 2 N–H and O–H groups in total. The van der Waals surface area contributed by atoms with Crippen LogP contribution >= 0.6 is 0 Å². The van der Waals surface area contributed by atoms with Crippen molar-refractivity contribution in [1.29, 1.82) is 0 Å². The summed E-state index contributed by atoms with van der Waals surface area (Å²) in [6.45, 7) is 2.58. The van der Waals surface area contributed by atoms with E-state index >= 15 is 0 Å². The summed E-state index contributed by atoms with van der Waals surface area (Å²) < 4.78 is 10.7. The molecule has 0 aromatic heterocycles. The average molecular weight is 369 g/mol. The molecular formula is C20H23N3O4. The highest BCUT2D eigenvalue weighted by Gasteiger charge is 2.23. The zero-order chi connectivity index (χ0) is 19.4. The molecule has 0 saturated heterocycles. The summed E-state index contributed by atoms with van der Waals surface area (Å²) in [5.74, 6) is 1.23. The van der Waals surface area contributed by atoms with Gasteiger partial charge < -0.3 is 25.0 Å². The van der Waals surface area contributed by atoms with Crippen LogP contribution in [-0.2, 0) is 17.8 Å². The molecule has 0 aliphatic carbocycles. The number of amides is 3. The van der Waals surface area contributed by atoms with Crippen molar-refractivity contribution in [3.05, 3.63) is 47.5 Å². The van der Waals surface area contributed by atoms with Gasteiger partial charge in [-0.3, -0.25) is 4.79 Å². The van der Waals surface area contributed by atoms with Gasteiger partial charge in [0.05, 0.1) is 14.2 Å². The van der Waals surface area contributed by atoms with Crippen LogP contribution < -0.4 is 20.1 Å². The number of nitrogens with one attached hydrogen (secondary N) is 2. The van der Waals surface area contributed by atoms with Crippen molar-refractivity contribution in [2.75, 3.05) is 31.4 Å². The predicted octanol–water partition coefficient (Wildman–Crippen LogP) is 3.25. The Labute approximate surface area is 158 Å². The van der Waals surface area contributed by atoms with Gasteiger partial charge in [0, 0.05) is 31.4 Å². The Morgan fingerprint density at radius 2 is 1.48 bits per heavy atom. The summed E-state index contributed by atoms with van der Waals surface area (Å²) in [7, 11) is 3.21. The minimum absolute atomic E-state index is 0.133. The number of fused-ring (bicyclic) bond motifs is 1. The van der Waals surface area contributed by atoms with Gasteiger partial charge in [0.2, 0.25) is 5.91 Å². The number of anilines is 2. The van der Waals surface area contributed by atoms with Crippen LogP contribution in [0.15, 0.2) is 36.4 Å². The molecule has 2 aromatic carbocycles. The van der Waals surface area contributed by atoms with Crippen molar-refractivity contribution in [3.8, 4) is 11.5 Å². The van der Waals surface area contributed by atoms with E-state index in [2.05, 4.69) is 10.6 Å². The van der Waals surface area contributed by atoms with E-state index in [0.717, 1.165) is 17.5 Å². The first-order valence-electron chi connectivity index (χ1n) is 8.67. The molecule has 0 radical (unpaired) electrons. The molecule has 0 fully saturated rings. The molecule has 3 rings (SSSR count). The van der Waals surface area contributed by atoms with Gasteiger partial charge >= 0.3 is 6.03 Å². The van der Waals surface area contributed by atoms with Crippen LogP contribution in [0.4, 0.5) is 16.2 Å². The quantitative estimate of drug-likeness (QED) is 0.867. The summed E-state index contributed by atoms with van der Waals surface area (Å²) >= 11 is 0. The van der Waals surface area contributed by atoms with E-state index in [1.807, 2.05) is 12.1 Å². The maximum atomic E-state index is 12.6. The van der Waals surface area contributed by atoms with Crippen LogP contribution in [0.5, 0.6) is 11.5 Å². The number of carbonyl (C=O) groups is 2. The van der Waals surface area contributed by atoms with Crippen molar-refractivity contribution < 1.29 is 19.1 Å². The molecule has 142 valence electrons. The van der Waals surface area contributed by atoms with Gasteiger partial charge in [0.15, 0.2) is 11.5 Å². The number of benzene rings is 2. The number of carbonyl (C=O) groups excluding carboxylic acids is 2. The minimum Gasteiger partial charge on any atom is -0.493 e. The fourth-order valence-electron chi connectivity index (χ4n) is 3.10. The van der Waals surface area contributed by atoms with Gasteiger partial charge in [-0.2, -0.15) is 0 Å². The Morgan fingerprint density at radius 1 is 0.926 bits per heavy atom. The Morgan fingerprint density at radius 3 is 2.04 bits per heavy atom. The highest BCUT2D eigenvalue weighted by molar-refractivity contribution is 5.91. The molecule has 0 spiro atoms. The number of methoxy groups -OCH3 is 2. The Kier molecular flexibility index (Phi) is 5.49. The molecule has 0 saturated carbocycles. The maximum absolute atomic E-state index is 12.6. The van der Waals surface area contributed by atoms with Crippen molar-refractivity contribution in [1.82, 2.24) is 4.90 Å². The summed E-state index contributed by atoms with van der Waals surface area (Å²) in [5, 5.41) is 5.59. The molecule has 0 bridgehead atoms. The van der Waals surface area contributed by atoms with Crippen LogP contribution in [0.25, 0.3) is 0 Å². The minimum atomic E-state index is -0.164. The van der Waals surface area contributed by atoms with Crippen LogP contribution in [0.3, 0.4) is 0 Å². The zero-order valence-corrected chi connectivity index (χ0v) is 15.7. The first-order valence-corrected chi connectivity index (χ1v) is 8.67. The number of hydrogen-bond acceptors (Lipinski definition) is 4. The van der Waals surface area contributed by atoms with Crippen LogP contribution in [0.1, 0.15) is 18.1 Å². The monoisotopic (exact) mass is 369 g/mol. The second-order valence-electron chi connectivity index (χ2n) is 6.34. The molecule has 0 atom stereocenters. The molecule has 0 unspecified atom stereocenters. The molecule has 1 aliphatic rings. The number of hydrogen-bond donors (Lipinski definition) is 2. The van der Waals surface area contributed by atoms with E-state index in [9.17, 15) is 9.59 Å². The lowest BCUT2D eigenvalue weighted by Gasteiger charge is -2.29. The predicted molar refractivity (Wildman–Crippen MR) is 103 cm³/mol. The third-order valence-corrected chi connectivity index (χ3v) is 4.46. The largest absolute Gasteiger partial charge is 0.493 e.